The Morgan fingerprint density at radius 2 is 1.79 bits per heavy atom. The maximum Gasteiger partial charge on any atom is 0.244 e. The Bertz CT molecular complexity index is 914. The number of anilines is 3. The molecule has 8 heteroatoms. The summed E-state index contributed by atoms with van der Waals surface area (Å²) in [6.07, 6.45) is 6.63. The van der Waals surface area contributed by atoms with Gasteiger partial charge in [-0.15, -0.1) is 10.2 Å². The lowest BCUT2D eigenvalue weighted by molar-refractivity contribution is -0.116. The molecular formula is C20H19ClN6O. The zero-order valence-corrected chi connectivity index (χ0v) is 15.7. The van der Waals surface area contributed by atoms with E-state index in [1.807, 2.05) is 36.4 Å². The zero-order chi connectivity index (χ0) is 19.6. The fourth-order valence-electron chi connectivity index (χ4n) is 2.26. The summed E-state index contributed by atoms with van der Waals surface area (Å²) in [5, 5.41) is 17.9. The number of amides is 1. The third-order valence-corrected chi connectivity index (χ3v) is 3.88. The molecule has 0 aliphatic carbocycles. The van der Waals surface area contributed by atoms with Crippen LogP contribution in [0.1, 0.15) is 5.56 Å². The molecule has 142 valence electrons. The van der Waals surface area contributed by atoms with Gasteiger partial charge in [0.25, 0.3) is 0 Å². The van der Waals surface area contributed by atoms with Crippen molar-refractivity contribution >= 4 is 40.9 Å². The van der Waals surface area contributed by atoms with Gasteiger partial charge in [-0.05, 0) is 48.0 Å². The molecule has 1 aromatic carbocycles. The highest BCUT2D eigenvalue weighted by molar-refractivity contribution is 6.30. The Morgan fingerprint density at radius 3 is 2.50 bits per heavy atom. The Balaban J connectivity index is 1.37. The highest BCUT2D eigenvalue weighted by Gasteiger charge is 1.99. The average Bonchev–Trinajstić information content (AvgIpc) is 2.73. The maximum atomic E-state index is 11.8. The van der Waals surface area contributed by atoms with Gasteiger partial charge in [0.1, 0.15) is 5.82 Å². The van der Waals surface area contributed by atoms with Crippen molar-refractivity contribution in [3.63, 3.8) is 0 Å². The van der Waals surface area contributed by atoms with Crippen molar-refractivity contribution in [3.8, 4) is 0 Å². The lowest BCUT2D eigenvalue weighted by Gasteiger charge is -2.07. The quantitative estimate of drug-likeness (QED) is 0.400. The SMILES string of the molecule is O=C(/C=C/c1ccc(Cl)cc1)NCCNc1ccc(Nc2cccnc2)nn1. The molecular weight excluding hydrogens is 376 g/mol. The van der Waals surface area contributed by atoms with Gasteiger partial charge in [-0.1, -0.05) is 23.7 Å². The highest BCUT2D eigenvalue weighted by atomic mass is 35.5. The van der Waals surface area contributed by atoms with Gasteiger partial charge in [-0.2, -0.15) is 0 Å². The molecule has 0 saturated carbocycles. The van der Waals surface area contributed by atoms with E-state index in [2.05, 4.69) is 31.1 Å². The van der Waals surface area contributed by atoms with Crippen LogP contribution >= 0.6 is 11.6 Å². The van der Waals surface area contributed by atoms with E-state index < -0.39 is 0 Å². The molecule has 2 heterocycles. The molecule has 28 heavy (non-hydrogen) atoms. The van der Waals surface area contributed by atoms with Gasteiger partial charge in [0.05, 0.1) is 11.9 Å². The van der Waals surface area contributed by atoms with E-state index in [-0.39, 0.29) is 5.91 Å². The molecule has 0 spiro atoms. The number of halogens is 1. The Hall–Kier alpha value is -3.45. The summed E-state index contributed by atoms with van der Waals surface area (Å²) < 4.78 is 0. The van der Waals surface area contributed by atoms with Crippen LogP contribution in [0.5, 0.6) is 0 Å². The third-order valence-electron chi connectivity index (χ3n) is 3.63. The van der Waals surface area contributed by atoms with Gasteiger partial charge < -0.3 is 16.0 Å². The summed E-state index contributed by atoms with van der Waals surface area (Å²) in [7, 11) is 0. The molecule has 3 N–H and O–H groups in total. The molecule has 0 atom stereocenters. The van der Waals surface area contributed by atoms with Crippen LogP contribution in [-0.2, 0) is 4.79 Å². The second-order valence-electron chi connectivity index (χ2n) is 5.77. The number of pyridine rings is 1. The minimum absolute atomic E-state index is 0.168. The average molecular weight is 395 g/mol. The van der Waals surface area contributed by atoms with Gasteiger partial charge in [0.15, 0.2) is 5.82 Å². The number of benzene rings is 1. The van der Waals surface area contributed by atoms with E-state index in [4.69, 9.17) is 11.6 Å². The van der Waals surface area contributed by atoms with Gasteiger partial charge in [-0.25, -0.2) is 0 Å². The molecule has 0 bridgehead atoms. The van der Waals surface area contributed by atoms with Crippen LogP contribution < -0.4 is 16.0 Å². The van der Waals surface area contributed by atoms with Gasteiger partial charge >= 0.3 is 0 Å². The molecule has 2 aromatic heterocycles. The molecule has 1 amide bonds. The fourth-order valence-corrected chi connectivity index (χ4v) is 2.38. The summed E-state index contributed by atoms with van der Waals surface area (Å²) in [6.45, 7) is 0.992. The van der Waals surface area contributed by atoms with Crippen molar-refractivity contribution in [2.75, 3.05) is 23.7 Å². The standard InChI is InChI=1S/C20H19ClN6O/c21-16-6-3-15(4-7-16)5-10-20(28)24-13-12-23-18-8-9-19(27-26-18)25-17-2-1-11-22-14-17/h1-11,14H,12-13H2,(H,23,26)(H,24,28)(H,25,27)/b10-5+. The molecule has 3 aromatic rings. The second kappa shape index (κ2) is 10.0. The van der Waals surface area contributed by atoms with Crippen molar-refractivity contribution < 1.29 is 4.79 Å². The zero-order valence-electron chi connectivity index (χ0n) is 15.0. The molecule has 0 aliphatic rings. The van der Waals surface area contributed by atoms with Gasteiger partial charge in [-0.3, -0.25) is 9.78 Å². The number of nitrogens with zero attached hydrogens (tertiary/aromatic N) is 3. The molecule has 0 aliphatic heterocycles. The molecule has 3 rings (SSSR count). The van der Waals surface area contributed by atoms with Crippen molar-refractivity contribution in [1.82, 2.24) is 20.5 Å². The first-order valence-electron chi connectivity index (χ1n) is 8.65. The lowest BCUT2D eigenvalue weighted by atomic mass is 10.2. The number of rotatable bonds is 8. The van der Waals surface area contributed by atoms with Crippen LogP contribution in [0, 0.1) is 0 Å². The van der Waals surface area contributed by atoms with Crippen molar-refractivity contribution in [3.05, 3.63) is 77.6 Å². The van der Waals surface area contributed by atoms with E-state index in [9.17, 15) is 4.79 Å². The van der Waals surface area contributed by atoms with Crippen LogP contribution in [0.4, 0.5) is 17.3 Å². The maximum absolute atomic E-state index is 11.8. The number of aromatic nitrogens is 3. The Morgan fingerprint density at radius 1 is 1.00 bits per heavy atom. The predicted molar refractivity (Wildman–Crippen MR) is 112 cm³/mol. The first-order valence-corrected chi connectivity index (χ1v) is 9.03. The monoisotopic (exact) mass is 394 g/mol. The summed E-state index contributed by atoms with van der Waals surface area (Å²) in [5.41, 5.74) is 1.75. The lowest BCUT2D eigenvalue weighted by Crippen LogP contribution is -2.27. The minimum atomic E-state index is -0.168. The summed E-state index contributed by atoms with van der Waals surface area (Å²) in [6, 6.07) is 14.6. The number of hydrogen-bond donors (Lipinski definition) is 3. The molecule has 0 fully saturated rings. The normalized spacial score (nSPS) is 10.6. The molecule has 0 unspecified atom stereocenters. The number of carbonyl (C=O) groups is 1. The first-order chi connectivity index (χ1) is 13.7. The fraction of sp³-hybridized carbons (Fsp3) is 0.100. The van der Waals surface area contributed by atoms with E-state index in [0.29, 0.717) is 29.7 Å². The van der Waals surface area contributed by atoms with Crippen LogP contribution in [0.25, 0.3) is 6.08 Å². The van der Waals surface area contributed by atoms with Crippen LogP contribution in [0.15, 0.2) is 67.0 Å². The van der Waals surface area contributed by atoms with Crippen LogP contribution in [0.3, 0.4) is 0 Å². The second-order valence-corrected chi connectivity index (χ2v) is 6.21. The predicted octanol–water partition coefficient (Wildman–Crippen LogP) is 3.51. The largest absolute Gasteiger partial charge is 0.367 e. The topological polar surface area (TPSA) is 91.8 Å². The Kier molecular flexibility index (Phi) is 6.92. The van der Waals surface area contributed by atoms with E-state index in [0.717, 1.165) is 11.3 Å². The number of carbonyl (C=O) groups excluding carboxylic acids is 1. The van der Waals surface area contributed by atoms with Gasteiger partial charge in [0.2, 0.25) is 5.91 Å². The van der Waals surface area contributed by atoms with E-state index >= 15 is 0 Å². The Labute approximate surface area is 167 Å². The van der Waals surface area contributed by atoms with Crippen LogP contribution in [0.2, 0.25) is 5.02 Å². The van der Waals surface area contributed by atoms with E-state index in [1.54, 1.807) is 30.6 Å². The van der Waals surface area contributed by atoms with Gasteiger partial charge in [0, 0.05) is 30.4 Å². The van der Waals surface area contributed by atoms with E-state index in [1.165, 1.54) is 6.08 Å². The van der Waals surface area contributed by atoms with Crippen molar-refractivity contribution in [1.29, 1.82) is 0 Å². The number of nitrogens with one attached hydrogen (secondary N) is 3. The smallest absolute Gasteiger partial charge is 0.244 e. The summed E-state index contributed by atoms with van der Waals surface area (Å²) in [5.74, 6) is 1.08. The highest BCUT2D eigenvalue weighted by Crippen LogP contribution is 2.13. The summed E-state index contributed by atoms with van der Waals surface area (Å²) in [4.78, 5) is 15.8. The molecule has 0 radical (unpaired) electrons. The molecule has 7 nitrogen and oxygen atoms in total. The summed E-state index contributed by atoms with van der Waals surface area (Å²) >= 11 is 5.83. The first kappa shape index (κ1) is 19.3. The van der Waals surface area contributed by atoms with Crippen molar-refractivity contribution in [2.45, 2.75) is 0 Å². The molecule has 0 saturated heterocycles. The minimum Gasteiger partial charge on any atom is -0.367 e. The number of hydrogen-bond acceptors (Lipinski definition) is 6. The van der Waals surface area contributed by atoms with Crippen LogP contribution in [-0.4, -0.2) is 34.2 Å². The van der Waals surface area contributed by atoms with Crippen molar-refractivity contribution in [2.24, 2.45) is 0 Å². The third kappa shape index (κ3) is 6.37.